The summed E-state index contributed by atoms with van der Waals surface area (Å²) in [6, 6.07) is 35.1. The topological polar surface area (TPSA) is 36.4 Å². The van der Waals surface area contributed by atoms with Crippen LogP contribution in [0.3, 0.4) is 0 Å². The normalized spacial score (nSPS) is 11.4. The van der Waals surface area contributed by atoms with Crippen LogP contribution >= 0.6 is 0 Å². The van der Waals surface area contributed by atoms with E-state index in [-0.39, 0.29) is 0 Å². The Balaban J connectivity index is 0.000000331. The van der Waals surface area contributed by atoms with E-state index in [1.807, 2.05) is 0 Å². The number of aryl methyl sites for hydroxylation is 3. The predicted molar refractivity (Wildman–Crippen MR) is 200 cm³/mol. The van der Waals surface area contributed by atoms with E-state index in [0.29, 0.717) is 0 Å². The molecule has 248 valence electrons. The Kier molecular flexibility index (Phi) is 16.7. The Morgan fingerprint density at radius 1 is 0.681 bits per heavy atom. The summed E-state index contributed by atoms with van der Waals surface area (Å²) >= 11 is 1.61. The summed E-state index contributed by atoms with van der Waals surface area (Å²) in [5, 5.41) is 0. The first-order valence-electron chi connectivity index (χ1n) is 17.2. The molecule has 47 heavy (non-hydrogen) atoms. The molecule has 0 fully saturated rings. The summed E-state index contributed by atoms with van der Waals surface area (Å²) in [5.41, 5.74) is 20.5. The fraction of sp³-hybridized carbons (Fsp3) is 0.318. The van der Waals surface area contributed by atoms with Crippen LogP contribution in [-0.4, -0.2) is 10.7 Å². The molecule has 0 aromatic heterocycles. The number of rotatable bonds is 14. The molecule has 0 saturated carbocycles. The molecule has 0 heterocycles. The summed E-state index contributed by atoms with van der Waals surface area (Å²) < 4.78 is 2.63. The van der Waals surface area contributed by atoms with Crippen LogP contribution in [0.25, 0.3) is 17.2 Å². The predicted octanol–water partition coefficient (Wildman–Crippen LogP) is 11.0. The van der Waals surface area contributed by atoms with Crippen LogP contribution in [0.5, 0.6) is 0 Å². The van der Waals surface area contributed by atoms with Gasteiger partial charge in [-0.15, -0.1) is 4.79 Å². The van der Waals surface area contributed by atoms with E-state index in [0.717, 1.165) is 56.9 Å². The van der Waals surface area contributed by atoms with Crippen LogP contribution in [0, 0.1) is 13.8 Å². The van der Waals surface area contributed by atoms with Crippen molar-refractivity contribution in [3.05, 3.63) is 153 Å². The van der Waals surface area contributed by atoms with Gasteiger partial charge in [0, 0.05) is 0 Å². The first kappa shape index (κ1) is 37.5. The molecule has 0 aliphatic carbocycles. The monoisotopic (exact) mass is 666 g/mol. The molecule has 0 saturated heterocycles. The van der Waals surface area contributed by atoms with Crippen molar-refractivity contribution in [1.29, 1.82) is 0 Å². The summed E-state index contributed by atoms with van der Waals surface area (Å²) in [6.45, 7) is 13.0. The molecule has 0 amide bonds. The number of hydrogen-bond acceptors (Lipinski definition) is 0. The minimum atomic E-state index is 0.869. The average Bonchev–Trinajstić information content (AvgIpc) is 3.10. The zero-order chi connectivity index (χ0) is 33.9. The van der Waals surface area contributed by atoms with E-state index in [2.05, 4.69) is 161 Å². The molecule has 0 aliphatic heterocycles. The second kappa shape index (κ2) is 21.0. The van der Waals surface area contributed by atoms with E-state index >= 15 is 0 Å². The Morgan fingerprint density at radius 3 is 1.66 bits per heavy atom. The molecule has 4 aromatic carbocycles. The van der Waals surface area contributed by atoms with E-state index < -0.39 is 0 Å². The maximum absolute atomic E-state index is 9.38. The summed E-state index contributed by atoms with van der Waals surface area (Å²) in [6.07, 6.45) is 12.6. The Morgan fingerprint density at radius 2 is 1.19 bits per heavy atom. The van der Waals surface area contributed by atoms with Gasteiger partial charge in [0.2, 0.25) is 0 Å². The third-order valence-corrected chi connectivity index (χ3v) is 9.20. The van der Waals surface area contributed by atoms with Gasteiger partial charge in [0.05, 0.1) is 5.57 Å². The molecule has 0 unspecified atom stereocenters. The number of unbranched alkanes of at least 4 members (excludes halogenated alkanes) is 2. The van der Waals surface area contributed by atoms with E-state index in [1.54, 1.807) is 14.4 Å². The van der Waals surface area contributed by atoms with Crippen molar-refractivity contribution < 1.29 is 19.2 Å². The summed E-state index contributed by atoms with van der Waals surface area (Å²) in [5.74, 6) is 2.94. The fourth-order valence-corrected chi connectivity index (χ4v) is 6.15. The van der Waals surface area contributed by atoms with Crippen LogP contribution in [0.2, 0.25) is 0 Å². The van der Waals surface area contributed by atoms with Gasteiger partial charge in [0.25, 0.3) is 0 Å². The second-order valence-electron chi connectivity index (χ2n) is 11.8. The van der Waals surface area contributed by atoms with Gasteiger partial charge in [-0.2, -0.15) is 0 Å². The third-order valence-electron chi connectivity index (χ3n) is 7.97. The van der Waals surface area contributed by atoms with E-state index in [9.17, 15) is 5.53 Å². The van der Waals surface area contributed by atoms with Gasteiger partial charge in [-0.1, -0.05) is 101 Å². The summed E-state index contributed by atoms with van der Waals surface area (Å²) in [4.78, 5) is 3.33. The third kappa shape index (κ3) is 12.6. The van der Waals surface area contributed by atoms with Gasteiger partial charge in [-0.3, -0.25) is 0 Å². The van der Waals surface area contributed by atoms with Crippen molar-refractivity contribution in [2.75, 3.05) is 0 Å². The van der Waals surface area contributed by atoms with Gasteiger partial charge < -0.3 is 5.53 Å². The number of benzene rings is 4. The van der Waals surface area contributed by atoms with Gasteiger partial charge in [-0.25, -0.2) is 0 Å². The SMILES string of the molecule is CCC=Cc1ccc(C(=C(CCCC)C(=C=[N+]=[N-])CCCC)c2ccc(CC)cc2)cc1.Cc1cc[c]([Ni][c]2ccc(C)cc2)cc1. The van der Waals surface area contributed by atoms with E-state index in [4.69, 9.17) is 0 Å². The molecular formula is C44H52N2Ni. The van der Waals surface area contributed by atoms with Gasteiger partial charge >= 0.3 is 103 Å². The second-order valence-corrected chi connectivity index (χ2v) is 13.2. The Labute approximate surface area is 290 Å². The molecular weight excluding hydrogens is 615 g/mol. The molecule has 2 nitrogen and oxygen atoms in total. The maximum atomic E-state index is 9.38. The molecule has 3 heteroatoms. The first-order valence-corrected chi connectivity index (χ1v) is 18.2. The molecule has 0 radical (unpaired) electrons. The molecule has 0 aliphatic rings. The minimum absolute atomic E-state index is 0.869. The molecule has 4 rings (SSSR count). The standard InChI is InChI=1S/C30H38N2.2C7H7.Ni/c1-5-9-12-25-17-21-27(22-18-25)30(26-19-15-24(8-4)16-20-26)29(14-11-7-3)28(23-32-31)13-10-6-2;2*1-7-5-3-2-4-6-7;/h9,12,15-22H,5-8,10-11,13-14H2,1-4H3;2*3-6H,1H3;. The summed E-state index contributed by atoms with van der Waals surface area (Å²) in [7, 11) is 0. The van der Waals surface area contributed by atoms with Crippen molar-refractivity contribution in [1.82, 2.24) is 0 Å². The zero-order valence-electron chi connectivity index (χ0n) is 29.3. The molecule has 0 spiro atoms. The van der Waals surface area contributed by atoms with Crippen molar-refractivity contribution in [2.24, 2.45) is 0 Å². The zero-order valence-corrected chi connectivity index (χ0v) is 30.2. The van der Waals surface area contributed by atoms with Crippen LogP contribution in [0.15, 0.2) is 114 Å². The van der Waals surface area contributed by atoms with Crippen LogP contribution in [0.4, 0.5) is 0 Å². The Bertz CT molecular complexity index is 1600. The van der Waals surface area contributed by atoms with Crippen molar-refractivity contribution in [2.45, 2.75) is 92.9 Å². The van der Waals surface area contributed by atoms with Gasteiger partial charge in [0.1, 0.15) is 0 Å². The molecule has 0 bridgehead atoms. The quantitative estimate of drug-likeness (QED) is 0.0422. The number of nitrogens with zero attached hydrogens (tertiary/aromatic N) is 2. The van der Waals surface area contributed by atoms with Crippen molar-refractivity contribution >= 4 is 26.6 Å². The van der Waals surface area contributed by atoms with Crippen LogP contribution in [-0.2, 0) is 20.9 Å². The van der Waals surface area contributed by atoms with Crippen molar-refractivity contribution in [3.8, 4) is 0 Å². The van der Waals surface area contributed by atoms with Gasteiger partial charge in [0.15, 0.2) is 0 Å². The number of hydrogen-bond donors (Lipinski definition) is 0. The number of allylic oxidation sites excluding steroid dienone is 3. The van der Waals surface area contributed by atoms with E-state index in [1.165, 1.54) is 53.6 Å². The van der Waals surface area contributed by atoms with Gasteiger partial charge in [-0.05, 0) is 71.9 Å². The average molecular weight is 668 g/mol. The first-order chi connectivity index (χ1) is 22.9. The fourth-order valence-electron chi connectivity index (χ4n) is 5.16. The van der Waals surface area contributed by atoms with Crippen LogP contribution < -0.4 is 9.07 Å². The van der Waals surface area contributed by atoms with Crippen LogP contribution in [0.1, 0.15) is 106 Å². The van der Waals surface area contributed by atoms with Crippen molar-refractivity contribution in [3.63, 3.8) is 0 Å². The Hall–Kier alpha value is -3.99. The molecule has 0 atom stereocenters. The molecule has 0 N–H and O–H groups in total. The molecule has 4 aromatic rings.